The molecule has 6 rings (SSSR count). The summed E-state index contributed by atoms with van der Waals surface area (Å²) in [5.74, 6) is -2.43. The predicted octanol–water partition coefficient (Wildman–Crippen LogP) is 2.05. The van der Waals surface area contributed by atoms with Crippen LogP contribution in [-0.2, 0) is 25.8 Å². The molecular formula is C28H31BrN6O5. The molecule has 1 aromatic heterocycles. The fraction of sp³-hybridized carbons (Fsp3) is 0.464. The van der Waals surface area contributed by atoms with Crippen LogP contribution in [0.5, 0.6) is 0 Å². The third-order valence-corrected chi connectivity index (χ3v) is 9.11. The monoisotopic (exact) mass is 610 g/mol. The molecule has 210 valence electrons. The number of nitrogens with zero attached hydrogens (tertiary/aromatic N) is 4. The van der Waals surface area contributed by atoms with Gasteiger partial charge in [-0.1, -0.05) is 51.5 Å². The quantitative estimate of drug-likeness (QED) is 0.236. The van der Waals surface area contributed by atoms with Crippen molar-refractivity contribution in [2.24, 2.45) is 11.8 Å². The Morgan fingerprint density at radius 2 is 1.85 bits per heavy atom. The fourth-order valence-electron chi connectivity index (χ4n) is 6.57. The van der Waals surface area contributed by atoms with Crippen LogP contribution in [-0.4, -0.2) is 78.4 Å². The molecule has 3 aromatic rings. The number of hydrogen-bond acceptors (Lipinski definition) is 7. The number of unbranched alkanes of at least 4 members (excludes halogenated alkanes) is 2. The molecule has 0 aliphatic carbocycles. The summed E-state index contributed by atoms with van der Waals surface area (Å²) in [6, 6.07) is 15.7. The number of benzene rings is 2. The molecule has 1 spiro atoms. The molecule has 3 amide bonds. The largest absolute Gasteiger partial charge is 0.396 e. The van der Waals surface area contributed by atoms with Gasteiger partial charge in [-0.2, -0.15) is 0 Å². The maximum absolute atomic E-state index is 14.0. The smallest absolute Gasteiger partial charge is 0.247 e. The molecule has 3 fully saturated rings. The van der Waals surface area contributed by atoms with Gasteiger partial charge < -0.3 is 25.4 Å². The van der Waals surface area contributed by atoms with E-state index in [1.165, 1.54) is 0 Å². The van der Waals surface area contributed by atoms with Gasteiger partial charge in [0.05, 0.1) is 23.5 Å². The number of fused-ring (bicyclic) bond motifs is 2. The molecule has 2 aromatic carbocycles. The van der Waals surface area contributed by atoms with Crippen molar-refractivity contribution in [3.05, 3.63) is 54.6 Å². The van der Waals surface area contributed by atoms with E-state index in [1.807, 2.05) is 42.5 Å². The van der Waals surface area contributed by atoms with Gasteiger partial charge in [-0.25, -0.2) is 4.68 Å². The van der Waals surface area contributed by atoms with Crippen LogP contribution in [0.1, 0.15) is 25.7 Å². The van der Waals surface area contributed by atoms with Crippen LogP contribution >= 0.6 is 15.9 Å². The Hall–Kier alpha value is -3.35. The van der Waals surface area contributed by atoms with E-state index < -0.39 is 29.6 Å². The normalized spacial score (nSPS) is 28.7. The van der Waals surface area contributed by atoms with Crippen LogP contribution in [0.3, 0.4) is 0 Å². The highest BCUT2D eigenvalue weighted by Gasteiger charge is 2.76. The standard InChI is InChI=1S/C28H31BrN6O5/c29-18-15-28-22(21(23(18)40-28)25(37)31-17-9-3-1-4-10-17)27(39)34(13-7-2-8-14-36)24(28)26(38)30-16-35-20-12-6-5-11-19(20)32-33-35/h1,3-6,9-12,18,21-24,36H,2,7-8,13-16H2,(H,30,38)(H,31,37)/t18?,21-,22+,23-,24?,28?/m1/s1. The molecule has 3 aliphatic heterocycles. The number of hydrogen-bond donors (Lipinski definition) is 3. The maximum atomic E-state index is 14.0. The molecule has 3 N–H and O–H groups in total. The Labute approximate surface area is 239 Å². The van der Waals surface area contributed by atoms with Crippen molar-refractivity contribution in [3.63, 3.8) is 0 Å². The molecule has 0 saturated carbocycles. The van der Waals surface area contributed by atoms with Crippen LogP contribution in [0.15, 0.2) is 54.6 Å². The van der Waals surface area contributed by atoms with Crippen LogP contribution in [0.4, 0.5) is 5.69 Å². The lowest BCUT2D eigenvalue weighted by atomic mass is 9.70. The summed E-state index contributed by atoms with van der Waals surface area (Å²) >= 11 is 3.69. The average molecular weight is 611 g/mol. The molecule has 6 atom stereocenters. The first-order chi connectivity index (χ1) is 19.4. The van der Waals surface area contributed by atoms with Crippen molar-refractivity contribution in [2.75, 3.05) is 18.5 Å². The maximum Gasteiger partial charge on any atom is 0.247 e. The zero-order valence-corrected chi connectivity index (χ0v) is 23.4. The predicted molar refractivity (Wildman–Crippen MR) is 149 cm³/mol. The van der Waals surface area contributed by atoms with Crippen molar-refractivity contribution in [2.45, 2.75) is 54.9 Å². The highest BCUT2D eigenvalue weighted by Crippen LogP contribution is 2.60. The summed E-state index contributed by atoms with van der Waals surface area (Å²) in [5, 5.41) is 23.4. The lowest BCUT2D eigenvalue weighted by Crippen LogP contribution is -2.56. The molecule has 3 aliphatic rings. The molecule has 40 heavy (non-hydrogen) atoms. The molecule has 3 saturated heterocycles. The van der Waals surface area contributed by atoms with Gasteiger partial charge in [0.25, 0.3) is 0 Å². The van der Waals surface area contributed by atoms with Crippen LogP contribution in [0.25, 0.3) is 11.0 Å². The van der Waals surface area contributed by atoms with E-state index in [1.54, 1.807) is 21.7 Å². The summed E-state index contributed by atoms with van der Waals surface area (Å²) < 4.78 is 8.13. The third-order valence-electron chi connectivity index (χ3n) is 8.26. The highest BCUT2D eigenvalue weighted by atomic mass is 79.9. The first-order valence-corrected chi connectivity index (χ1v) is 14.5. The number of carbonyl (C=O) groups excluding carboxylic acids is 3. The van der Waals surface area contributed by atoms with Gasteiger partial charge in [-0.05, 0) is 49.9 Å². The summed E-state index contributed by atoms with van der Waals surface area (Å²) in [6.45, 7) is 0.464. The van der Waals surface area contributed by atoms with Gasteiger partial charge in [0.1, 0.15) is 23.8 Å². The molecule has 3 unspecified atom stereocenters. The van der Waals surface area contributed by atoms with Crippen LogP contribution in [0.2, 0.25) is 0 Å². The van der Waals surface area contributed by atoms with Gasteiger partial charge in [0.2, 0.25) is 17.7 Å². The second-order valence-corrected chi connectivity index (χ2v) is 11.8. The van der Waals surface area contributed by atoms with Gasteiger partial charge in [-0.15, -0.1) is 5.10 Å². The number of aliphatic hydroxyl groups is 1. The minimum Gasteiger partial charge on any atom is -0.396 e. The zero-order valence-electron chi connectivity index (χ0n) is 21.8. The number of anilines is 1. The van der Waals surface area contributed by atoms with Gasteiger partial charge in [0, 0.05) is 23.7 Å². The molecular weight excluding hydrogens is 580 g/mol. The Morgan fingerprint density at radius 3 is 2.65 bits per heavy atom. The summed E-state index contributed by atoms with van der Waals surface area (Å²) in [4.78, 5) is 42.9. The van der Waals surface area contributed by atoms with Crippen molar-refractivity contribution in [1.29, 1.82) is 0 Å². The van der Waals surface area contributed by atoms with Crippen LogP contribution in [0, 0.1) is 11.8 Å². The number of halogens is 1. The van der Waals surface area contributed by atoms with Crippen molar-refractivity contribution >= 4 is 50.4 Å². The highest BCUT2D eigenvalue weighted by molar-refractivity contribution is 9.09. The van der Waals surface area contributed by atoms with E-state index in [2.05, 4.69) is 36.9 Å². The first kappa shape index (κ1) is 26.9. The Kier molecular flexibility index (Phi) is 7.32. The number of carbonyl (C=O) groups is 3. The number of para-hydroxylation sites is 2. The van der Waals surface area contributed by atoms with Crippen molar-refractivity contribution < 1.29 is 24.2 Å². The average Bonchev–Trinajstić information content (AvgIpc) is 3.67. The van der Waals surface area contributed by atoms with Gasteiger partial charge >= 0.3 is 0 Å². The fourth-order valence-corrected chi connectivity index (χ4v) is 7.51. The number of rotatable bonds is 10. The second kappa shape index (κ2) is 10.9. The molecule has 4 heterocycles. The number of amides is 3. The third kappa shape index (κ3) is 4.47. The van der Waals surface area contributed by atoms with Crippen molar-refractivity contribution in [1.82, 2.24) is 25.2 Å². The van der Waals surface area contributed by atoms with E-state index in [4.69, 9.17) is 4.74 Å². The Balaban J connectivity index is 1.28. The molecule has 2 bridgehead atoms. The molecule has 0 radical (unpaired) electrons. The van der Waals surface area contributed by atoms with E-state index in [0.29, 0.717) is 43.4 Å². The van der Waals surface area contributed by atoms with Gasteiger partial charge in [-0.3, -0.25) is 14.4 Å². The van der Waals surface area contributed by atoms with Crippen LogP contribution < -0.4 is 10.6 Å². The summed E-state index contributed by atoms with van der Waals surface area (Å²) in [5.41, 5.74) is 0.985. The number of aliphatic hydroxyl groups excluding tert-OH is 1. The number of ether oxygens (including phenoxy) is 1. The van der Waals surface area contributed by atoms with Gasteiger partial charge in [0.15, 0.2) is 0 Å². The Bertz CT molecular complexity index is 1420. The number of alkyl halides is 1. The number of nitrogens with one attached hydrogen (secondary N) is 2. The molecule has 11 nitrogen and oxygen atoms in total. The minimum atomic E-state index is -1.14. The Morgan fingerprint density at radius 1 is 1.07 bits per heavy atom. The molecule has 12 heteroatoms. The number of likely N-dealkylation sites (tertiary alicyclic amines) is 1. The second-order valence-electron chi connectivity index (χ2n) is 10.6. The summed E-state index contributed by atoms with van der Waals surface area (Å²) in [7, 11) is 0. The minimum absolute atomic E-state index is 0.0636. The summed E-state index contributed by atoms with van der Waals surface area (Å²) in [6.07, 6.45) is 1.83. The van der Waals surface area contributed by atoms with E-state index in [-0.39, 0.29) is 35.8 Å². The first-order valence-electron chi connectivity index (χ1n) is 13.6. The topological polar surface area (TPSA) is 139 Å². The van der Waals surface area contributed by atoms with Crippen molar-refractivity contribution in [3.8, 4) is 0 Å². The lowest BCUT2D eigenvalue weighted by Gasteiger charge is -2.34. The SMILES string of the molecule is O=C(NCn1nnc2ccccc21)C1N(CCCCCO)C(=O)[C@@H]2[C@@H](C(=O)Nc3ccccc3)[C@@H]3OC12CC3Br. The number of aromatic nitrogens is 3. The zero-order chi connectivity index (χ0) is 27.9. The van der Waals surface area contributed by atoms with E-state index >= 15 is 0 Å². The van der Waals surface area contributed by atoms with E-state index in [0.717, 1.165) is 5.52 Å². The lowest BCUT2D eigenvalue weighted by molar-refractivity contribution is -0.141. The van der Waals surface area contributed by atoms with E-state index in [9.17, 15) is 19.5 Å².